The van der Waals surface area contributed by atoms with Gasteiger partial charge in [-0.1, -0.05) is 17.3 Å². The van der Waals surface area contributed by atoms with Crippen LogP contribution >= 0.6 is 0 Å². The number of carbonyl (C=O) groups excluding carboxylic acids is 1. The van der Waals surface area contributed by atoms with Crippen LogP contribution in [-0.2, 0) is 17.9 Å². The van der Waals surface area contributed by atoms with Crippen LogP contribution in [0.2, 0.25) is 0 Å². The molecule has 0 atom stereocenters. The number of hydrogen-bond donors (Lipinski definition) is 0. The summed E-state index contributed by atoms with van der Waals surface area (Å²) in [6.07, 6.45) is 0. The number of nitrogens with zero attached hydrogens (tertiary/aromatic N) is 7. The fourth-order valence-electron chi connectivity index (χ4n) is 2.96. The molecule has 0 aliphatic carbocycles. The third-order valence-corrected chi connectivity index (χ3v) is 4.26. The number of hydrogen-bond acceptors (Lipinski definition) is 7. The zero-order valence-electron chi connectivity index (χ0n) is 14.0. The highest BCUT2D eigenvalue weighted by atomic mass is 16.5. The smallest absolute Gasteiger partial charge is 0.246 e. The normalized spacial score (nSPS) is 15.8. The van der Waals surface area contributed by atoms with Crippen molar-refractivity contribution in [1.29, 1.82) is 0 Å². The quantitative estimate of drug-likeness (QED) is 0.681. The van der Waals surface area contributed by atoms with Gasteiger partial charge in [0.15, 0.2) is 5.82 Å². The average Bonchev–Trinajstić information content (AvgIpc) is 3.20. The van der Waals surface area contributed by atoms with Gasteiger partial charge in [0.25, 0.3) is 0 Å². The summed E-state index contributed by atoms with van der Waals surface area (Å²) in [7, 11) is 0. The molecule has 0 N–H and O–H groups in total. The summed E-state index contributed by atoms with van der Waals surface area (Å²) < 4.78 is 4.99. The molecule has 4 rings (SSSR count). The Morgan fingerprint density at radius 3 is 2.40 bits per heavy atom. The van der Waals surface area contributed by atoms with Crippen LogP contribution in [0.5, 0.6) is 0 Å². The van der Waals surface area contributed by atoms with Gasteiger partial charge < -0.3 is 9.42 Å². The monoisotopic (exact) mass is 341 g/mol. The molecule has 1 amide bonds. The molecule has 25 heavy (non-hydrogen) atoms. The highest BCUT2D eigenvalue weighted by Gasteiger charge is 2.22. The predicted molar refractivity (Wildman–Crippen MR) is 88.4 cm³/mol. The molecular formula is C16H19N7O2. The third-order valence-electron chi connectivity index (χ3n) is 4.26. The maximum absolute atomic E-state index is 12.5. The van der Waals surface area contributed by atoms with E-state index in [1.165, 1.54) is 4.80 Å². The summed E-state index contributed by atoms with van der Waals surface area (Å²) in [5.74, 6) is 1.29. The molecule has 1 aliphatic rings. The van der Waals surface area contributed by atoms with E-state index in [1.807, 2.05) is 29.2 Å². The summed E-state index contributed by atoms with van der Waals surface area (Å²) in [6.45, 7) is 5.51. The summed E-state index contributed by atoms with van der Waals surface area (Å²) in [4.78, 5) is 22.2. The van der Waals surface area contributed by atoms with Crippen molar-refractivity contribution in [2.24, 2.45) is 0 Å². The highest BCUT2D eigenvalue weighted by Crippen LogP contribution is 2.09. The van der Waals surface area contributed by atoms with Crippen LogP contribution < -0.4 is 0 Å². The number of carbonyl (C=O) groups is 1. The Morgan fingerprint density at radius 1 is 1.12 bits per heavy atom. The Balaban J connectivity index is 1.31. The maximum Gasteiger partial charge on any atom is 0.246 e. The molecular weight excluding hydrogens is 322 g/mol. The molecule has 1 fully saturated rings. The van der Waals surface area contributed by atoms with E-state index in [0.717, 1.165) is 24.1 Å². The van der Waals surface area contributed by atoms with E-state index in [0.29, 0.717) is 31.3 Å². The van der Waals surface area contributed by atoms with Crippen LogP contribution in [0, 0.1) is 6.92 Å². The lowest BCUT2D eigenvalue weighted by molar-refractivity contribution is -0.134. The Kier molecular flexibility index (Phi) is 4.14. The second kappa shape index (κ2) is 6.60. The Hall–Kier alpha value is -2.81. The first-order chi connectivity index (χ1) is 12.2. The molecule has 0 bridgehead atoms. The summed E-state index contributed by atoms with van der Waals surface area (Å²) in [5.41, 5.74) is 1.60. The fraction of sp³-hybridized carbons (Fsp3) is 0.438. The van der Waals surface area contributed by atoms with Crippen LogP contribution in [0.1, 0.15) is 11.7 Å². The van der Waals surface area contributed by atoms with Crippen molar-refractivity contribution in [3.05, 3.63) is 36.0 Å². The van der Waals surface area contributed by atoms with Gasteiger partial charge in [-0.05, 0) is 12.1 Å². The maximum atomic E-state index is 12.5. The third kappa shape index (κ3) is 3.50. The van der Waals surface area contributed by atoms with Crippen molar-refractivity contribution < 1.29 is 9.32 Å². The molecule has 3 aromatic rings. The first-order valence-corrected chi connectivity index (χ1v) is 8.26. The Morgan fingerprint density at radius 2 is 1.80 bits per heavy atom. The zero-order valence-corrected chi connectivity index (χ0v) is 14.0. The van der Waals surface area contributed by atoms with E-state index in [-0.39, 0.29) is 12.5 Å². The average molecular weight is 341 g/mol. The van der Waals surface area contributed by atoms with Crippen molar-refractivity contribution in [2.75, 3.05) is 26.2 Å². The number of aromatic nitrogens is 5. The number of benzene rings is 1. The second-order valence-electron chi connectivity index (χ2n) is 6.11. The molecule has 0 spiro atoms. The summed E-state index contributed by atoms with van der Waals surface area (Å²) in [5, 5.41) is 12.6. The number of amides is 1. The number of rotatable bonds is 4. The van der Waals surface area contributed by atoms with Crippen LogP contribution in [0.25, 0.3) is 11.0 Å². The minimum Gasteiger partial charge on any atom is -0.340 e. The SMILES string of the molecule is Cc1nc(CN2CCN(C(=O)Cn3nc4ccccc4n3)CC2)no1. The molecule has 2 aromatic heterocycles. The van der Waals surface area contributed by atoms with Gasteiger partial charge in [-0.3, -0.25) is 9.69 Å². The molecule has 130 valence electrons. The molecule has 0 unspecified atom stereocenters. The topological polar surface area (TPSA) is 93.2 Å². The summed E-state index contributed by atoms with van der Waals surface area (Å²) >= 11 is 0. The van der Waals surface area contributed by atoms with E-state index in [4.69, 9.17) is 4.52 Å². The zero-order chi connectivity index (χ0) is 17.2. The van der Waals surface area contributed by atoms with Crippen molar-refractivity contribution in [2.45, 2.75) is 20.0 Å². The van der Waals surface area contributed by atoms with Crippen LogP contribution in [0.3, 0.4) is 0 Å². The van der Waals surface area contributed by atoms with Crippen molar-refractivity contribution in [3.63, 3.8) is 0 Å². The van der Waals surface area contributed by atoms with E-state index in [9.17, 15) is 4.79 Å². The second-order valence-corrected chi connectivity index (χ2v) is 6.11. The predicted octanol–water partition coefficient (Wildman–Crippen LogP) is 0.467. The van der Waals surface area contributed by atoms with Gasteiger partial charge in [-0.2, -0.15) is 20.0 Å². The van der Waals surface area contributed by atoms with E-state index in [2.05, 4.69) is 25.2 Å². The van der Waals surface area contributed by atoms with E-state index in [1.54, 1.807) is 6.92 Å². The Bertz CT molecular complexity index is 846. The van der Waals surface area contributed by atoms with Crippen molar-refractivity contribution >= 4 is 16.9 Å². The first-order valence-electron chi connectivity index (χ1n) is 8.26. The fourth-order valence-corrected chi connectivity index (χ4v) is 2.96. The van der Waals surface area contributed by atoms with Crippen LogP contribution in [0.4, 0.5) is 0 Å². The van der Waals surface area contributed by atoms with Crippen molar-refractivity contribution in [3.8, 4) is 0 Å². The van der Waals surface area contributed by atoms with Crippen LogP contribution in [0.15, 0.2) is 28.8 Å². The largest absolute Gasteiger partial charge is 0.340 e. The number of fused-ring (bicyclic) bond motifs is 1. The minimum atomic E-state index is 0.0374. The molecule has 1 aromatic carbocycles. The molecule has 1 aliphatic heterocycles. The van der Waals surface area contributed by atoms with Gasteiger partial charge in [0.2, 0.25) is 11.8 Å². The highest BCUT2D eigenvalue weighted by molar-refractivity contribution is 5.77. The summed E-state index contributed by atoms with van der Waals surface area (Å²) in [6, 6.07) is 7.60. The van der Waals surface area contributed by atoms with Gasteiger partial charge in [0, 0.05) is 33.1 Å². The Labute approximate surface area is 144 Å². The van der Waals surface area contributed by atoms with Gasteiger partial charge >= 0.3 is 0 Å². The minimum absolute atomic E-state index is 0.0374. The standard InChI is InChI=1S/C16H19N7O2/c1-12-17-15(20-25-12)10-21-6-8-22(9-7-21)16(24)11-23-18-13-4-2-3-5-14(13)19-23/h2-5H,6-11H2,1H3. The van der Waals surface area contributed by atoms with Crippen molar-refractivity contribution in [1.82, 2.24) is 34.9 Å². The number of aryl methyl sites for hydroxylation is 1. The number of piperazine rings is 1. The van der Waals surface area contributed by atoms with Gasteiger partial charge in [0.05, 0.1) is 6.54 Å². The molecule has 0 radical (unpaired) electrons. The molecule has 0 saturated carbocycles. The van der Waals surface area contributed by atoms with E-state index >= 15 is 0 Å². The molecule has 3 heterocycles. The lowest BCUT2D eigenvalue weighted by atomic mass is 10.3. The molecule has 9 nitrogen and oxygen atoms in total. The van der Waals surface area contributed by atoms with Gasteiger partial charge in [0.1, 0.15) is 17.6 Å². The molecule has 1 saturated heterocycles. The van der Waals surface area contributed by atoms with E-state index < -0.39 is 0 Å². The van der Waals surface area contributed by atoms with Gasteiger partial charge in [-0.15, -0.1) is 0 Å². The first kappa shape index (κ1) is 15.7. The molecule has 9 heteroatoms. The van der Waals surface area contributed by atoms with Crippen LogP contribution in [-0.4, -0.2) is 67.0 Å². The van der Waals surface area contributed by atoms with Gasteiger partial charge in [-0.25, -0.2) is 0 Å². The lowest BCUT2D eigenvalue weighted by Crippen LogP contribution is -2.49. The lowest BCUT2D eigenvalue weighted by Gasteiger charge is -2.33.